The van der Waals surface area contributed by atoms with Gasteiger partial charge in [-0.3, -0.25) is 10.4 Å². The molecular formula is C19H27N3O2. The number of hydrogen-bond donors (Lipinski definition) is 2. The molecule has 3 aliphatic rings. The van der Waals surface area contributed by atoms with Crippen LogP contribution in [-0.4, -0.2) is 48.8 Å². The number of nitrogens with one attached hydrogen (secondary N) is 1. The molecule has 1 heterocycles. The average molecular weight is 329 g/mol. The van der Waals surface area contributed by atoms with Crippen molar-refractivity contribution < 1.29 is 9.84 Å². The Morgan fingerprint density at radius 3 is 2.79 bits per heavy atom. The molecule has 0 radical (unpaired) electrons. The summed E-state index contributed by atoms with van der Waals surface area (Å²) < 4.78 is 5.36. The molecule has 1 fully saturated rings. The number of hydrazine groups is 1. The number of fused-ring (bicyclic) bond motifs is 1. The van der Waals surface area contributed by atoms with Gasteiger partial charge in [-0.05, 0) is 42.5 Å². The topological polar surface area (TPSA) is 57.1 Å². The van der Waals surface area contributed by atoms with E-state index in [1.54, 1.807) is 7.11 Å². The van der Waals surface area contributed by atoms with Crippen molar-refractivity contribution in [2.24, 2.45) is 4.99 Å². The number of aliphatic hydroxyl groups is 1. The molecule has 1 saturated carbocycles. The summed E-state index contributed by atoms with van der Waals surface area (Å²) in [5.74, 6) is 0.902. The molecule has 2 N–H and O–H groups in total. The summed E-state index contributed by atoms with van der Waals surface area (Å²) in [5, 5.41) is 13.7. The lowest BCUT2D eigenvalue weighted by Crippen LogP contribution is -2.64. The van der Waals surface area contributed by atoms with E-state index < -0.39 is 5.60 Å². The molecule has 2 aliphatic carbocycles. The fourth-order valence-corrected chi connectivity index (χ4v) is 4.71. The standard InChI is InChI=1S/C19H27N3O2/c1-24-16-5-6-17-15(11-16)12-18(17,13-21-22-10-9-20-14-22)19(23)7-3-2-4-8-19/h5-6,9,11,21,23H,2-4,7-8,10,12-14H2,1H3. The Balaban J connectivity index is 1.62. The van der Waals surface area contributed by atoms with Crippen LogP contribution in [0.2, 0.25) is 0 Å². The van der Waals surface area contributed by atoms with Crippen LogP contribution in [0.5, 0.6) is 5.75 Å². The minimum atomic E-state index is -0.611. The monoisotopic (exact) mass is 329 g/mol. The van der Waals surface area contributed by atoms with Gasteiger partial charge in [0, 0.05) is 18.2 Å². The number of aliphatic imine (C=N–C) groups is 1. The number of methoxy groups -OCH3 is 1. The van der Waals surface area contributed by atoms with Crippen LogP contribution in [0.25, 0.3) is 0 Å². The van der Waals surface area contributed by atoms with Crippen LogP contribution in [0.3, 0.4) is 0 Å². The van der Waals surface area contributed by atoms with E-state index in [1.807, 2.05) is 12.3 Å². The molecule has 24 heavy (non-hydrogen) atoms. The largest absolute Gasteiger partial charge is 0.497 e. The Bertz CT molecular complexity index is 631. The van der Waals surface area contributed by atoms with Crippen LogP contribution in [0.4, 0.5) is 0 Å². The van der Waals surface area contributed by atoms with Gasteiger partial charge < -0.3 is 9.84 Å². The molecule has 0 bridgehead atoms. The van der Waals surface area contributed by atoms with E-state index in [0.29, 0.717) is 6.67 Å². The van der Waals surface area contributed by atoms with E-state index in [-0.39, 0.29) is 5.41 Å². The molecule has 0 spiro atoms. The van der Waals surface area contributed by atoms with Gasteiger partial charge in [0.1, 0.15) is 12.4 Å². The van der Waals surface area contributed by atoms with Gasteiger partial charge in [-0.25, -0.2) is 5.01 Å². The zero-order valence-corrected chi connectivity index (χ0v) is 14.4. The molecule has 5 nitrogen and oxygen atoms in total. The summed E-state index contributed by atoms with van der Waals surface area (Å²) in [7, 11) is 1.71. The summed E-state index contributed by atoms with van der Waals surface area (Å²) in [6.07, 6.45) is 8.13. The second kappa shape index (κ2) is 6.14. The number of nitrogens with zero attached hydrogens (tertiary/aromatic N) is 2. The first kappa shape index (κ1) is 16.1. The van der Waals surface area contributed by atoms with Crippen LogP contribution in [-0.2, 0) is 11.8 Å². The number of rotatable bonds is 5. The maximum absolute atomic E-state index is 11.6. The first-order chi connectivity index (χ1) is 11.7. The highest BCUT2D eigenvalue weighted by atomic mass is 16.5. The van der Waals surface area contributed by atoms with Gasteiger partial charge in [-0.15, -0.1) is 0 Å². The summed E-state index contributed by atoms with van der Waals surface area (Å²) >= 11 is 0. The van der Waals surface area contributed by atoms with Crippen LogP contribution >= 0.6 is 0 Å². The summed E-state index contributed by atoms with van der Waals surface area (Å²) in [4.78, 5) is 4.27. The molecular weight excluding hydrogens is 302 g/mol. The predicted octanol–water partition coefficient (Wildman–Crippen LogP) is 2.03. The zero-order valence-electron chi connectivity index (χ0n) is 14.4. The highest BCUT2D eigenvalue weighted by molar-refractivity contribution is 5.61. The number of hydrogen-bond acceptors (Lipinski definition) is 5. The first-order valence-corrected chi connectivity index (χ1v) is 9.03. The molecule has 1 aromatic rings. The van der Waals surface area contributed by atoms with Crippen molar-refractivity contribution in [3.63, 3.8) is 0 Å². The Morgan fingerprint density at radius 1 is 1.29 bits per heavy atom. The van der Waals surface area contributed by atoms with Crippen molar-refractivity contribution in [3.05, 3.63) is 29.3 Å². The van der Waals surface area contributed by atoms with E-state index in [9.17, 15) is 5.11 Å². The van der Waals surface area contributed by atoms with Crippen molar-refractivity contribution >= 4 is 6.21 Å². The predicted molar refractivity (Wildman–Crippen MR) is 94.5 cm³/mol. The zero-order chi connectivity index (χ0) is 16.6. The lowest BCUT2D eigenvalue weighted by molar-refractivity contribution is -0.0837. The van der Waals surface area contributed by atoms with Gasteiger partial charge >= 0.3 is 0 Å². The van der Waals surface area contributed by atoms with E-state index in [4.69, 9.17) is 4.74 Å². The Morgan fingerprint density at radius 2 is 2.12 bits per heavy atom. The maximum atomic E-state index is 11.6. The highest BCUT2D eigenvalue weighted by Gasteiger charge is 2.57. The van der Waals surface area contributed by atoms with Crippen LogP contribution < -0.4 is 10.2 Å². The maximum Gasteiger partial charge on any atom is 0.119 e. The summed E-state index contributed by atoms with van der Waals surface area (Å²) in [6, 6.07) is 6.31. The third-order valence-corrected chi connectivity index (χ3v) is 6.18. The Kier molecular flexibility index (Phi) is 4.11. The molecule has 0 saturated heterocycles. The third-order valence-electron chi connectivity index (χ3n) is 6.18. The van der Waals surface area contributed by atoms with Crippen molar-refractivity contribution in [1.29, 1.82) is 0 Å². The second-order valence-electron chi connectivity index (χ2n) is 7.44. The Labute approximate surface area is 143 Å². The fourth-order valence-electron chi connectivity index (χ4n) is 4.71. The smallest absolute Gasteiger partial charge is 0.119 e. The van der Waals surface area contributed by atoms with Crippen LogP contribution in [0.1, 0.15) is 43.2 Å². The molecule has 0 amide bonds. The van der Waals surface area contributed by atoms with Gasteiger partial charge in [0.05, 0.1) is 19.3 Å². The van der Waals surface area contributed by atoms with Gasteiger partial charge in [0.2, 0.25) is 0 Å². The van der Waals surface area contributed by atoms with Crippen LogP contribution in [0, 0.1) is 0 Å². The van der Waals surface area contributed by atoms with E-state index in [1.165, 1.54) is 17.5 Å². The molecule has 1 unspecified atom stereocenters. The molecule has 1 atom stereocenters. The average Bonchev–Trinajstić information content (AvgIpc) is 3.09. The van der Waals surface area contributed by atoms with E-state index in [0.717, 1.165) is 50.9 Å². The minimum absolute atomic E-state index is 0.197. The van der Waals surface area contributed by atoms with Gasteiger partial charge in [-0.2, -0.15) is 0 Å². The molecule has 0 aromatic heterocycles. The summed E-state index contributed by atoms with van der Waals surface area (Å²) in [5.41, 5.74) is 5.33. The van der Waals surface area contributed by atoms with Gasteiger partial charge in [-0.1, -0.05) is 25.3 Å². The summed E-state index contributed by atoms with van der Waals surface area (Å²) in [6.45, 7) is 2.31. The number of benzene rings is 1. The molecule has 5 heteroatoms. The molecule has 4 rings (SSSR count). The second-order valence-corrected chi connectivity index (χ2v) is 7.44. The molecule has 130 valence electrons. The Hall–Kier alpha value is -1.43. The van der Waals surface area contributed by atoms with E-state index in [2.05, 4.69) is 27.6 Å². The van der Waals surface area contributed by atoms with Crippen LogP contribution in [0.15, 0.2) is 23.2 Å². The third kappa shape index (κ3) is 2.46. The fraction of sp³-hybridized carbons (Fsp3) is 0.632. The lowest BCUT2D eigenvalue weighted by Gasteiger charge is -2.56. The highest BCUT2D eigenvalue weighted by Crippen LogP contribution is 2.53. The minimum Gasteiger partial charge on any atom is -0.497 e. The van der Waals surface area contributed by atoms with Crippen molar-refractivity contribution in [3.8, 4) is 5.75 Å². The normalized spacial score (nSPS) is 28.4. The van der Waals surface area contributed by atoms with Gasteiger partial charge in [0.25, 0.3) is 0 Å². The SMILES string of the molecule is COc1ccc2c(c1)CC2(CNN1CC=NC1)C1(O)CCCCC1. The molecule has 1 aliphatic heterocycles. The van der Waals surface area contributed by atoms with Crippen molar-refractivity contribution in [2.75, 3.05) is 26.9 Å². The van der Waals surface area contributed by atoms with E-state index >= 15 is 0 Å². The number of ether oxygens (including phenoxy) is 1. The lowest BCUT2D eigenvalue weighted by atomic mass is 9.52. The van der Waals surface area contributed by atoms with Crippen molar-refractivity contribution in [1.82, 2.24) is 10.4 Å². The van der Waals surface area contributed by atoms with Gasteiger partial charge in [0.15, 0.2) is 0 Å². The quantitative estimate of drug-likeness (QED) is 0.868. The van der Waals surface area contributed by atoms with Crippen molar-refractivity contribution in [2.45, 2.75) is 49.5 Å². The first-order valence-electron chi connectivity index (χ1n) is 9.03. The molecule has 1 aromatic carbocycles.